The molecule has 0 aliphatic rings. The lowest BCUT2D eigenvalue weighted by Gasteiger charge is -2.20. The quantitative estimate of drug-likeness (QED) is 0.0197. The minimum Gasteiger partial charge on any atom is -0.462 e. The molecule has 0 aliphatic carbocycles. The maximum atomic E-state index is 12.6. The van der Waals surface area contributed by atoms with Gasteiger partial charge in [-0.15, -0.1) is 0 Å². The molecule has 3 unspecified atom stereocenters. The smallest absolute Gasteiger partial charge is 0.462 e. The average molecular weight is 827 g/mol. The molecular formula is C40H76O13P2. The molecule has 3 atom stereocenters. The summed E-state index contributed by atoms with van der Waals surface area (Å²) in [6.45, 7) is 1.73. The normalized spacial score (nSPS) is 14.4. The number of carbonyl (C=O) groups is 2. The van der Waals surface area contributed by atoms with Crippen molar-refractivity contribution in [1.29, 1.82) is 0 Å². The van der Waals surface area contributed by atoms with Crippen LogP contribution in [0.1, 0.15) is 181 Å². The van der Waals surface area contributed by atoms with Gasteiger partial charge < -0.3 is 29.3 Å². The first-order chi connectivity index (χ1) is 26.4. The van der Waals surface area contributed by atoms with Crippen LogP contribution in [0.2, 0.25) is 0 Å². The largest absolute Gasteiger partial charge is 0.472 e. The topological polar surface area (TPSA) is 195 Å². The van der Waals surface area contributed by atoms with Crippen LogP contribution in [0.5, 0.6) is 0 Å². The van der Waals surface area contributed by atoms with E-state index in [4.69, 9.17) is 23.8 Å². The lowest BCUT2D eigenvalue weighted by atomic mass is 10.1. The fraction of sp³-hybridized carbons (Fsp3) is 0.850. The van der Waals surface area contributed by atoms with Crippen molar-refractivity contribution in [2.75, 3.05) is 26.4 Å². The van der Waals surface area contributed by atoms with Crippen LogP contribution in [0.4, 0.5) is 0 Å². The Hall–Kier alpha value is -1.40. The summed E-state index contributed by atoms with van der Waals surface area (Å²) in [5, 5.41) is 9.73. The van der Waals surface area contributed by atoms with Gasteiger partial charge in [-0.1, -0.05) is 128 Å². The number of aliphatic hydroxyl groups is 1. The van der Waals surface area contributed by atoms with Crippen molar-refractivity contribution >= 4 is 27.6 Å². The number of unbranched alkanes of at least 4 members (excludes halogenated alkanes) is 20. The van der Waals surface area contributed by atoms with Gasteiger partial charge in [0.2, 0.25) is 0 Å². The van der Waals surface area contributed by atoms with E-state index in [0.717, 1.165) is 77.0 Å². The van der Waals surface area contributed by atoms with E-state index in [-0.39, 0.29) is 19.4 Å². The van der Waals surface area contributed by atoms with Gasteiger partial charge in [-0.2, -0.15) is 0 Å². The molecule has 4 N–H and O–H groups in total. The van der Waals surface area contributed by atoms with Crippen molar-refractivity contribution in [2.24, 2.45) is 0 Å². The van der Waals surface area contributed by atoms with E-state index >= 15 is 0 Å². The van der Waals surface area contributed by atoms with E-state index in [1.54, 1.807) is 0 Å². The van der Waals surface area contributed by atoms with Crippen molar-refractivity contribution in [2.45, 2.75) is 193 Å². The summed E-state index contributed by atoms with van der Waals surface area (Å²) < 4.78 is 47.7. The summed E-state index contributed by atoms with van der Waals surface area (Å²) in [5.41, 5.74) is 0. The second-order valence-electron chi connectivity index (χ2n) is 14.3. The van der Waals surface area contributed by atoms with Crippen LogP contribution in [0, 0.1) is 0 Å². The van der Waals surface area contributed by atoms with E-state index in [9.17, 15) is 28.7 Å². The molecule has 0 rings (SSSR count). The molecule has 0 heterocycles. The first-order valence-corrected chi connectivity index (χ1v) is 24.1. The molecule has 0 fully saturated rings. The molecule has 0 aromatic heterocycles. The fourth-order valence-corrected chi connectivity index (χ4v) is 6.73. The van der Waals surface area contributed by atoms with Gasteiger partial charge in [-0.25, -0.2) is 9.13 Å². The lowest BCUT2D eigenvalue weighted by Crippen LogP contribution is -2.30. The summed E-state index contributed by atoms with van der Waals surface area (Å²) >= 11 is 0. The Labute approximate surface area is 332 Å². The molecule has 55 heavy (non-hydrogen) atoms. The standard InChI is InChI=1S/C40H76O13P2/c1-3-5-7-9-11-13-15-17-18-20-22-24-26-28-30-32-40(43)53-38(36-52-55(47,48)51-34-37(41)33-50-54(44,45)46)35-49-39(42)31-29-27-25-23-21-19-16-14-12-10-8-6-4-2/h14,16-18,37-38,41H,3-13,15,19-36H2,1-2H3,(H,47,48)(H2,44,45,46). The molecule has 0 bridgehead atoms. The van der Waals surface area contributed by atoms with Crippen molar-refractivity contribution in [1.82, 2.24) is 0 Å². The highest BCUT2D eigenvalue weighted by Crippen LogP contribution is 2.43. The Morgan fingerprint density at radius 2 is 0.891 bits per heavy atom. The fourth-order valence-electron chi connectivity index (χ4n) is 5.57. The first-order valence-electron chi connectivity index (χ1n) is 21.0. The average Bonchev–Trinajstić information content (AvgIpc) is 3.14. The monoisotopic (exact) mass is 826 g/mol. The molecule has 0 aromatic carbocycles. The number of aliphatic hydroxyl groups excluding tert-OH is 1. The Bertz CT molecular complexity index is 1080. The third kappa shape index (κ3) is 40.6. The van der Waals surface area contributed by atoms with Gasteiger partial charge in [0.15, 0.2) is 6.10 Å². The highest BCUT2D eigenvalue weighted by molar-refractivity contribution is 7.47. The van der Waals surface area contributed by atoms with Crippen LogP contribution in [0.15, 0.2) is 24.3 Å². The van der Waals surface area contributed by atoms with Crippen molar-refractivity contribution in [3.05, 3.63) is 24.3 Å². The van der Waals surface area contributed by atoms with Gasteiger partial charge in [0.25, 0.3) is 0 Å². The zero-order valence-electron chi connectivity index (χ0n) is 34.0. The van der Waals surface area contributed by atoms with Crippen LogP contribution in [-0.4, -0.2) is 70.4 Å². The molecule has 0 saturated carbocycles. The lowest BCUT2D eigenvalue weighted by molar-refractivity contribution is -0.161. The van der Waals surface area contributed by atoms with E-state index in [1.165, 1.54) is 64.2 Å². The third-order valence-electron chi connectivity index (χ3n) is 8.80. The number of carbonyl (C=O) groups excluding carboxylic acids is 2. The summed E-state index contributed by atoms with van der Waals surface area (Å²) in [6.07, 6.45) is 33.1. The molecule has 15 heteroatoms. The van der Waals surface area contributed by atoms with Gasteiger partial charge in [0, 0.05) is 12.8 Å². The predicted octanol–water partition coefficient (Wildman–Crippen LogP) is 10.3. The number of allylic oxidation sites excluding steroid dienone is 4. The summed E-state index contributed by atoms with van der Waals surface area (Å²) in [7, 11) is -9.66. The number of rotatable bonds is 40. The Morgan fingerprint density at radius 3 is 1.36 bits per heavy atom. The van der Waals surface area contributed by atoms with Crippen molar-refractivity contribution < 1.29 is 61.6 Å². The van der Waals surface area contributed by atoms with E-state index in [0.29, 0.717) is 12.8 Å². The Balaban J connectivity index is 4.56. The Morgan fingerprint density at radius 1 is 0.509 bits per heavy atom. The zero-order valence-corrected chi connectivity index (χ0v) is 35.8. The first kappa shape index (κ1) is 53.6. The number of hydrogen-bond donors (Lipinski definition) is 4. The molecule has 0 saturated heterocycles. The van der Waals surface area contributed by atoms with Crippen LogP contribution in [0.3, 0.4) is 0 Å². The van der Waals surface area contributed by atoms with Crippen LogP contribution < -0.4 is 0 Å². The summed E-state index contributed by atoms with van der Waals surface area (Å²) in [4.78, 5) is 52.6. The van der Waals surface area contributed by atoms with Crippen molar-refractivity contribution in [3.8, 4) is 0 Å². The van der Waals surface area contributed by atoms with Gasteiger partial charge in [-0.05, 0) is 64.2 Å². The number of phosphoric ester groups is 2. The molecule has 13 nitrogen and oxygen atoms in total. The van der Waals surface area contributed by atoms with Crippen molar-refractivity contribution in [3.63, 3.8) is 0 Å². The number of phosphoric acid groups is 2. The summed E-state index contributed by atoms with van der Waals surface area (Å²) in [6, 6.07) is 0. The molecule has 0 aromatic rings. The molecule has 0 spiro atoms. The highest BCUT2D eigenvalue weighted by atomic mass is 31.2. The molecule has 0 amide bonds. The van der Waals surface area contributed by atoms with Gasteiger partial charge in [-0.3, -0.25) is 23.2 Å². The molecular weight excluding hydrogens is 750 g/mol. The van der Waals surface area contributed by atoms with E-state index in [1.807, 2.05) is 0 Å². The highest BCUT2D eigenvalue weighted by Gasteiger charge is 2.28. The van der Waals surface area contributed by atoms with Gasteiger partial charge in [0.1, 0.15) is 12.7 Å². The van der Waals surface area contributed by atoms with Gasteiger partial charge >= 0.3 is 27.6 Å². The number of hydrogen-bond acceptors (Lipinski definition) is 10. The van der Waals surface area contributed by atoms with E-state index < -0.39 is 59.6 Å². The maximum Gasteiger partial charge on any atom is 0.472 e. The SMILES string of the molecule is CCCCCCC=CCCCCCCCC(=O)OCC(COP(=O)(O)OCC(O)COP(=O)(O)O)OC(=O)CCCCCCCC=CCCCCCCCC. The maximum absolute atomic E-state index is 12.6. The van der Waals surface area contributed by atoms with Crippen LogP contribution in [-0.2, 0) is 41.8 Å². The second-order valence-corrected chi connectivity index (χ2v) is 16.9. The van der Waals surface area contributed by atoms with E-state index in [2.05, 4.69) is 47.2 Å². The van der Waals surface area contributed by atoms with Crippen LogP contribution >= 0.6 is 15.6 Å². The molecule has 0 aliphatic heterocycles. The zero-order chi connectivity index (χ0) is 40.9. The summed E-state index contributed by atoms with van der Waals surface area (Å²) in [5.74, 6) is -1.05. The number of ether oxygens (including phenoxy) is 2. The van der Waals surface area contributed by atoms with Crippen LogP contribution in [0.25, 0.3) is 0 Å². The molecule has 0 radical (unpaired) electrons. The minimum atomic E-state index is -4.86. The second kappa shape index (κ2) is 36.9. The third-order valence-corrected chi connectivity index (χ3v) is 10.2. The Kier molecular flexibility index (Phi) is 36.0. The minimum absolute atomic E-state index is 0.121. The molecule has 324 valence electrons. The predicted molar refractivity (Wildman–Crippen MR) is 216 cm³/mol. The number of esters is 2. The van der Waals surface area contributed by atoms with Gasteiger partial charge in [0.05, 0.1) is 19.8 Å².